The molecule has 0 aliphatic carbocycles. The van der Waals surface area contributed by atoms with Gasteiger partial charge in [0.2, 0.25) is 0 Å². The number of allylic oxidation sites excluding steroid dienone is 1. The predicted molar refractivity (Wildman–Crippen MR) is 74.1 cm³/mol. The van der Waals surface area contributed by atoms with E-state index in [9.17, 15) is 0 Å². The SMILES string of the molecule is C=CCCC(NCCC)c1ncccc1CC. The van der Waals surface area contributed by atoms with Crippen LogP contribution in [0, 0.1) is 0 Å². The van der Waals surface area contributed by atoms with Gasteiger partial charge in [-0.1, -0.05) is 26.0 Å². The van der Waals surface area contributed by atoms with Gasteiger partial charge in [-0.3, -0.25) is 4.98 Å². The van der Waals surface area contributed by atoms with Gasteiger partial charge in [-0.05, 0) is 43.9 Å². The van der Waals surface area contributed by atoms with Crippen LogP contribution in [0.4, 0.5) is 0 Å². The van der Waals surface area contributed by atoms with E-state index in [4.69, 9.17) is 0 Å². The molecular weight excluding hydrogens is 208 g/mol. The van der Waals surface area contributed by atoms with Gasteiger partial charge in [0.05, 0.1) is 11.7 Å². The minimum atomic E-state index is 0.365. The van der Waals surface area contributed by atoms with E-state index in [0.717, 1.165) is 32.2 Å². The van der Waals surface area contributed by atoms with E-state index >= 15 is 0 Å². The van der Waals surface area contributed by atoms with Crippen molar-refractivity contribution in [3.8, 4) is 0 Å². The first-order valence-electron chi connectivity index (χ1n) is 6.61. The molecule has 1 heterocycles. The third-order valence-electron chi connectivity index (χ3n) is 2.94. The normalized spacial score (nSPS) is 12.4. The summed E-state index contributed by atoms with van der Waals surface area (Å²) in [7, 11) is 0. The molecule has 17 heavy (non-hydrogen) atoms. The van der Waals surface area contributed by atoms with Gasteiger partial charge in [-0.2, -0.15) is 0 Å². The predicted octanol–water partition coefficient (Wildman–Crippen LogP) is 3.65. The highest BCUT2D eigenvalue weighted by molar-refractivity contribution is 5.22. The molecule has 0 radical (unpaired) electrons. The fourth-order valence-electron chi connectivity index (χ4n) is 2.00. The molecule has 0 saturated heterocycles. The number of pyridine rings is 1. The number of hydrogen-bond donors (Lipinski definition) is 1. The first-order valence-corrected chi connectivity index (χ1v) is 6.61. The minimum Gasteiger partial charge on any atom is -0.309 e. The maximum absolute atomic E-state index is 4.56. The smallest absolute Gasteiger partial charge is 0.0605 e. The number of aryl methyl sites for hydroxylation is 1. The second kappa shape index (κ2) is 8.02. The van der Waals surface area contributed by atoms with E-state index in [1.807, 2.05) is 18.3 Å². The van der Waals surface area contributed by atoms with Crippen LogP contribution in [0.5, 0.6) is 0 Å². The summed E-state index contributed by atoms with van der Waals surface area (Å²) in [6.07, 6.45) is 8.17. The summed E-state index contributed by atoms with van der Waals surface area (Å²) in [6, 6.07) is 4.56. The molecule has 2 nitrogen and oxygen atoms in total. The Morgan fingerprint density at radius 3 is 2.94 bits per heavy atom. The Balaban J connectivity index is 2.81. The molecule has 1 unspecified atom stereocenters. The molecule has 94 valence electrons. The molecule has 0 spiro atoms. The van der Waals surface area contributed by atoms with Crippen molar-refractivity contribution in [3.05, 3.63) is 42.2 Å². The third-order valence-corrected chi connectivity index (χ3v) is 2.94. The Morgan fingerprint density at radius 1 is 1.47 bits per heavy atom. The highest BCUT2D eigenvalue weighted by Crippen LogP contribution is 2.20. The monoisotopic (exact) mass is 232 g/mol. The average molecular weight is 232 g/mol. The molecule has 1 aromatic rings. The fraction of sp³-hybridized carbons (Fsp3) is 0.533. The van der Waals surface area contributed by atoms with Gasteiger partial charge in [-0.15, -0.1) is 6.58 Å². The molecule has 1 N–H and O–H groups in total. The topological polar surface area (TPSA) is 24.9 Å². The lowest BCUT2D eigenvalue weighted by atomic mass is 10.0. The van der Waals surface area contributed by atoms with Gasteiger partial charge >= 0.3 is 0 Å². The number of hydrogen-bond acceptors (Lipinski definition) is 2. The zero-order chi connectivity index (χ0) is 12.5. The van der Waals surface area contributed by atoms with Crippen molar-refractivity contribution in [2.24, 2.45) is 0 Å². The van der Waals surface area contributed by atoms with Gasteiger partial charge in [0.15, 0.2) is 0 Å². The van der Waals surface area contributed by atoms with Crippen molar-refractivity contribution in [2.75, 3.05) is 6.54 Å². The molecule has 0 aromatic carbocycles. The standard InChI is InChI=1S/C15H24N2/c1-4-7-10-14(16-11-5-2)15-13(6-3)9-8-12-17-15/h4,8-9,12,14,16H,1,5-7,10-11H2,2-3H3. The third kappa shape index (κ3) is 4.31. The van der Waals surface area contributed by atoms with Gasteiger partial charge in [0.25, 0.3) is 0 Å². The Labute approximate surface area is 105 Å². The lowest BCUT2D eigenvalue weighted by Gasteiger charge is -2.19. The molecular formula is C15H24N2. The molecule has 2 heteroatoms. The van der Waals surface area contributed by atoms with E-state index in [1.165, 1.54) is 11.3 Å². The molecule has 0 fully saturated rings. The summed E-state index contributed by atoms with van der Waals surface area (Å²) in [4.78, 5) is 4.56. The van der Waals surface area contributed by atoms with E-state index in [1.54, 1.807) is 0 Å². The van der Waals surface area contributed by atoms with Crippen LogP contribution in [0.1, 0.15) is 50.4 Å². The molecule has 1 rings (SSSR count). The number of nitrogens with zero attached hydrogens (tertiary/aromatic N) is 1. The van der Waals surface area contributed by atoms with Crippen LogP contribution in [-0.2, 0) is 6.42 Å². The molecule has 0 aliphatic rings. The summed E-state index contributed by atoms with van der Waals surface area (Å²) >= 11 is 0. The van der Waals surface area contributed by atoms with Crippen molar-refractivity contribution in [3.63, 3.8) is 0 Å². The average Bonchev–Trinajstić information content (AvgIpc) is 2.39. The number of rotatable bonds is 8. The van der Waals surface area contributed by atoms with Gasteiger partial charge in [0.1, 0.15) is 0 Å². The molecule has 0 amide bonds. The maximum Gasteiger partial charge on any atom is 0.0605 e. The molecule has 0 saturated carbocycles. The number of nitrogens with one attached hydrogen (secondary N) is 1. The van der Waals surface area contributed by atoms with Crippen molar-refractivity contribution >= 4 is 0 Å². The summed E-state index contributed by atoms with van der Waals surface area (Å²) in [5.74, 6) is 0. The summed E-state index contributed by atoms with van der Waals surface area (Å²) in [5, 5.41) is 3.58. The second-order valence-corrected chi connectivity index (χ2v) is 4.27. The van der Waals surface area contributed by atoms with E-state index in [2.05, 4.69) is 36.8 Å². The van der Waals surface area contributed by atoms with Gasteiger partial charge in [-0.25, -0.2) is 0 Å². The first kappa shape index (κ1) is 13.9. The zero-order valence-corrected chi connectivity index (χ0v) is 11.1. The Kier molecular flexibility index (Phi) is 6.56. The highest BCUT2D eigenvalue weighted by Gasteiger charge is 2.14. The van der Waals surface area contributed by atoms with Crippen LogP contribution >= 0.6 is 0 Å². The van der Waals surface area contributed by atoms with Crippen molar-refractivity contribution in [1.29, 1.82) is 0 Å². The molecule has 0 bridgehead atoms. The van der Waals surface area contributed by atoms with Crippen LogP contribution in [0.25, 0.3) is 0 Å². The zero-order valence-electron chi connectivity index (χ0n) is 11.1. The van der Waals surface area contributed by atoms with Gasteiger partial charge < -0.3 is 5.32 Å². The van der Waals surface area contributed by atoms with Crippen LogP contribution in [0.2, 0.25) is 0 Å². The van der Waals surface area contributed by atoms with E-state index in [0.29, 0.717) is 6.04 Å². The molecule has 0 aliphatic heterocycles. The Bertz CT molecular complexity index is 333. The fourth-order valence-corrected chi connectivity index (χ4v) is 2.00. The number of aromatic nitrogens is 1. The lowest BCUT2D eigenvalue weighted by Crippen LogP contribution is -2.24. The molecule has 1 aromatic heterocycles. The second-order valence-electron chi connectivity index (χ2n) is 4.27. The Morgan fingerprint density at radius 2 is 2.29 bits per heavy atom. The van der Waals surface area contributed by atoms with Gasteiger partial charge in [0, 0.05) is 6.20 Å². The van der Waals surface area contributed by atoms with E-state index in [-0.39, 0.29) is 0 Å². The van der Waals surface area contributed by atoms with Crippen LogP contribution in [0.3, 0.4) is 0 Å². The molecule has 1 atom stereocenters. The first-order chi connectivity index (χ1) is 8.33. The summed E-state index contributed by atoms with van der Waals surface area (Å²) in [6.45, 7) is 9.22. The van der Waals surface area contributed by atoms with Crippen LogP contribution < -0.4 is 5.32 Å². The van der Waals surface area contributed by atoms with Crippen molar-refractivity contribution in [1.82, 2.24) is 10.3 Å². The minimum absolute atomic E-state index is 0.365. The van der Waals surface area contributed by atoms with Crippen LogP contribution in [0.15, 0.2) is 31.0 Å². The lowest BCUT2D eigenvalue weighted by molar-refractivity contribution is 0.489. The quantitative estimate of drug-likeness (QED) is 0.692. The van der Waals surface area contributed by atoms with E-state index < -0.39 is 0 Å². The summed E-state index contributed by atoms with van der Waals surface area (Å²) in [5.41, 5.74) is 2.57. The largest absolute Gasteiger partial charge is 0.309 e. The maximum atomic E-state index is 4.56. The van der Waals surface area contributed by atoms with Crippen molar-refractivity contribution < 1.29 is 0 Å². The summed E-state index contributed by atoms with van der Waals surface area (Å²) < 4.78 is 0. The van der Waals surface area contributed by atoms with Crippen molar-refractivity contribution in [2.45, 2.75) is 45.6 Å². The Hall–Kier alpha value is -1.15. The highest BCUT2D eigenvalue weighted by atomic mass is 14.9. The van der Waals surface area contributed by atoms with Crippen LogP contribution in [-0.4, -0.2) is 11.5 Å².